The van der Waals surface area contributed by atoms with Gasteiger partial charge in [0.1, 0.15) is 12.4 Å². The summed E-state index contributed by atoms with van der Waals surface area (Å²) in [7, 11) is 1.59. The number of fused-ring (bicyclic) bond motifs is 2. The number of amidine groups is 1. The molecular weight excluding hydrogens is 370 g/mol. The number of nitrogens with zero attached hydrogens (tertiary/aromatic N) is 1. The summed E-state index contributed by atoms with van der Waals surface area (Å²) in [5.41, 5.74) is 3.38. The van der Waals surface area contributed by atoms with Crippen LogP contribution >= 0.6 is 11.6 Å². The number of hydrogen-bond donors (Lipinski definition) is 2. The van der Waals surface area contributed by atoms with Crippen LogP contribution in [-0.4, -0.2) is 32.1 Å². The maximum atomic E-state index is 8.73. The number of nitrogens with one attached hydrogen (secondary N) is 2. The average molecular weight is 390 g/mol. The summed E-state index contributed by atoms with van der Waals surface area (Å²) >= 11 is 5.72. The third-order valence-corrected chi connectivity index (χ3v) is 4.81. The second-order valence-electron chi connectivity index (χ2n) is 6.15. The lowest BCUT2D eigenvalue weighted by Crippen LogP contribution is -2.40. The zero-order valence-electron chi connectivity index (χ0n) is 14.9. The molecule has 0 aromatic heterocycles. The summed E-state index contributed by atoms with van der Waals surface area (Å²) in [5.74, 6) is 2.82. The molecule has 0 amide bonds. The van der Waals surface area contributed by atoms with Gasteiger partial charge in [0.25, 0.3) is 0 Å². The first-order chi connectivity index (χ1) is 13.2. The van der Waals surface area contributed by atoms with Gasteiger partial charge in [0.15, 0.2) is 17.2 Å². The quantitative estimate of drug-likeness (QED) is 0.445. The van der Waals surface area contributed by atoms with Gasteiger partial charge >= 0.3 is 0 Å². The molecule has 0 unspecified atom stereocenters. The Balaban J connectivity index is 1.65. The van der Waals surface area contributed by atoms with Crippen molar-refractivity contribution in [2.75, 3.05) is 36.5 Å². The summed E-state index contributed by atoms with van der Waals surface area (Å²) in [6, 6.07) is 9.40. The Morgan fingerprint density at radius 3 is 3.00 bits per heavy atom. The second kappa shape index (κ2) is 7.54. The molecule has 4 rings (SSSR count). The van der Waals surface area contributed by atoms with Crippen molar-refractivity contribution in [1.82, 2.24) is 0 Å². The van der Waals surface area contributed by atoms with Crippen LogP contribution < -0.4 is 24.6 Å². The molecule has 0 bridgehead atoms. The van der Waals surface area contributed by atoms with Crippen molar-refractivity contribution in [3.8, 4) is 17.2 Å². The molecule has 8 heteroatoms. The fourth-order valence-electron chi connectivity index (χ4n) is 3.19. The summed E-state index contributed by atoms with van der Waals surface area (Å²) in [6.45, 7) is 1.33. The predicted molar refractivity (Wildman–Crippen MR) is 103 cm³/mol. The molecule has 0 aliphatic carbocycles. The molecule has 2 aromatic carbocycles. The largest absolute Gasteiger partial charge is 0.493 e. The van der Waals surface area contributed by atoms with Crippen LogP contribution in [0, 0.1) is 5.41 Å². The normalized spacial score (nSPS) is 14.9. The predicted octanol–water partition coefficient (Wildman–Crippen LogP) is 3.74. The first kappa shape index (κ1) is 17.8. The first-order valence-electron chi connectivity index (χ1n) is 8.65. The van der Waals surface area contributed by atoms with Crippen molar-refractivity contribution < 1.29 is 19.2 Å². The van der Waals surface area contributed by atoms with E-state index in [1.807, 2.05) is 35.2 Å². The zero-order valence-corrected chi connectivity index (χ0v) is 15.6. The van der Waals surface area contributed by atoms with Gasteiger partial charge < -0.3 is 24.6 Å². The minimum atomic E-state index is 0.360. The number of methoxy groups -OCH3 is 1. The fourth-order valence-corrected chi connectivity index (χ4v) is 3.30. The number of anilines is 2. The SMILES string of the molecule is COc1cc2c(cc1OCCCCl)NCN(c1cccc3c1COO3)C2=N. The van der Waals surface area contributed by atoms with Gasteiger partial charge in [-0.15, -0.1) is 11.6 Å². The highest BCUT2D eigenvalue weighted by atomic mass is 35.5. The lowest BCUT2D eigenvalue weighted by Gasteiger charge is -2.33. The van der Waals surface area contributed by atoms with E-state index in [1.165, 1.54) is 0 Å². The second-order valence-corrected chi connectivity index (χ2v) is 6.53. The zero-order chi connectivity index (χ0) is 18.8. The number of ether oxygens (including phenoxy) is 2. The molecule has 2 N–H and O–H groups in total. The van der Waals surface area contributed by atoms with Gasteiger partial charge in [-0.25, -0.2) is 0 Å². The summed E-state index contributed by atoms with van der Waals surface area (Å²) < 4.78 is 11.2. The molecule has 0 fully saturated rings. The van der Waals surface area contributed by atoms with Gasteiger partial charge in [-0.3, -0.25) is 5.41 Å². The van der Waals surface area contributed by atoms with E-state index in [-0.39, 0.29) is 0 Å². The maximum Gasteiger partial charge on any atom is 0.173 e. The van der Waals surface area contributed by atoms with Crippen LogP contribution in [0.3, 0.4) is 0 Å². The highest BCUT2D eigenvalue weighted by molar-refractivity contribution is 6.17. The average Bonchev–Trinajstić information content (AvgIpc) is 3.17. The smallest absolute Gasteiger partial charge is 0.173 e. The topological polar surface area (TPSA) is 76.0 Å². The van der Waals surface area contributed by atoms with Crippen molar-refractivity contribution in [2.45, 2.75) is 13.0 Å². The van der Waals surface area contributed by atoms with Crippen molar-refractivity contribution in [2.24, 2.45) is 0 Å². The van der Waals surface area contributed by atoms with Crippen LogP contribution in [0.2, 0.25) is 0 Å². The van der Waals surface area contributed by atoms with Gasteiger partial charge in [-0.1, -0.05) is 6.07 Å². The Bertz CT molecular complexity index is 874. The minimum Gasteiger partial charge on any atom is -0.493 e. The number of hydrogen-bond acceptors (Lipinski definition) is 6. The van der Waals surface area contributed by atoms with E-state index in [9.17, 15) is 0 Å². The third-order valence-electron chi connectivity index (χ3n) is 4.54. The summed E-state index contributed by atoms with van der Waals surface area (Å²) in [6.07, 6.45) is 0.752. The van der Waals surface area contributed by atoms with Gasteiger partial charge in [0.05, 0.1) is 37.3 Å². The maximum absolute atomic E-state index is 8.73. The molecule has 2 aromatic rings. The Labute approximate surface area is 162 Å². The van der Waals surface area contributed by atoms with E-state index in [0.717, 1.165) is 28.9 Å². The van der Waals surface area contributed by atoms with Gasteiger partial charge in [0.2, 0.25) is 0 Å². The Hall–Kier alpha value is -2.64. The molecule has 2 heterocycles. The summed E-state index contributed by atoms with van der Waals surface area (Å²) in [5, 5.41) is 12.1. The van der Waals surface area contributed by atoms with Gasteiger partial charge in [0, 0.05) is 17.5 Å². The number of alkyl halides is 1. The standard InChI is InChI=1S/C19H20ClN3O4/c1-24-17-8-12-14(9-18(17)25-7-3-6-20)22-11-23(19(12)21)15-4-2-5-16-13(15)10-26-27-16/h2,4-5,8-9,21-22H,3,6-7,10-11H2,1H3. The Kier molecular flexibility index (Phi) is 4.96. The lowest BCUT2D eigenvalue weighted by atomic mass is 10.1. The van der Waals surface area contributed by atoms with Crippen LogP contribution in [0.15, 0.2) is 30.3 Å². The molecule has 0 radical (unpaired) electrons. The fraction of sp³-hybridized carbons (Fsp3) is 0.316. The van der Waals surface area contributed by atoms with Crippen LogP contribution in [0.5, 0.6) is 17.2 Å². The number of benzene rings is 2. The third kappa shape index (κ3) is 3.24. The Morgan fingerprint density at radius 2 is 2.19 bits per heavy atom. The first-order valence-corrected chi connectivity index (χ1v) is 9.19. The van der Waals surface area contributed by atoms with Gasteiger partial charge in [-0.05, 0) is 24.6 Å². The van der Waals surface area contributed by atoms with E-state index in [4.69, 9.17) is 36.3 Å². The Morgan fingerprint density at radius 1 is 1.30 bits per heavy atom. The van der Waals surface area contributed by atoms with E-state index in [2.05, 4.69) is 5.32 Å². The molecule has 0 atom stereocenters. The van der Waals surface area contributed by atoms with Crippen molar-refractivity contribution in [1.29, 1.82) is 5.41 Å². The van der Waals surface area contributed by atoms with Crippen LogP contribution in [0.4, 0.5) is 11.4 Å². The molecule has 0 saturated carbocycles. The van der Waals surface area contributed by atoms with Crippen LogP contribution in [-0.2, 0) is 11.5 Å². The highest BCUT2D eigenvalue weighted by Crippen LogP contribution is 2.39. The molecule has 0 spiro atoms. The number of rotatable bonds is 6. The van der Waals surface area contributed by atoms with E-state index in [1.54, 1.807) is 7.11 Å². The lowest BCUT2D eigenvalue weighted by molar-refractivity contribution is -0.194. The van der Waals surface area contributed by atoms with Crippen molar-refractivity contribution in [3.05, 3.63) is 41.5 Å². The molecule has 27 heavy (non-hydrogen) atoms. The monoisotopic (exact) mass is 389 g/mol. The van der Waals surface area contributed by atoms with Crippen molar-refractivity contribution in [3.63, 3.8) is 0 Å². The van der Waals surface area contributed by atoms with Crippen molar-refractivity contribution >= 4 is 28.8 Å². The van der Waals surface area contributed by atoms with Gasteiger partial charge in [-0.2, -0.15) is 4.89 Å². The van der Waals surface area contributed by atoms with E-state index >= 15 is 0 Å². The molecule has 2 aliphatic heterocycles. The van der Waals surface area contributed by atoms with Crippen LogP contribution in [0.1, 0.15) is 17.5 Å². The molecule has 7 nitrogen and oxygen atoms in total. The molecular formula is C19H20ClN3O4. The highest BCUT2D eigenvalue weighted by Gasteiger charge is 2.28. The van der Waals surface area contributed by atoms with E-state index < -0.39 is 0 Å². The molecule has 142 valence electrons. The van der Waals surface area contributed by atoms with Crippen LogP contribution in [0.25, 0.3) is 0 Å². The minimum absolute atomic E-state index is 0.360. The number of halogens is 1. The molecule has 2 aliphatic rings. The molecule has 0 saturated heterocycles. The summed E-state index contributed by atoms with van der Waals surface area (Å²) in [4.78, 5) is 12.1. The van der Waals surface area contributed by atoms with E-state index in [0.29, 0.717) is 48.8 Å².